The van der Waals surface area contributed by atoms with Gasteiger partial charge in [0.25, 0.3) is 10.0 Å². The van der Waals surface area contributed by atoms with Crippen LogP contribution in [0.2, 0.25) is 0 Å². The molecule has 0 saturated carbocycles. The van der Waals surface area contributed by atoms with Crippen LogP contribution in [0, 0.1) is 0 Å². The van der Waals surface area contributed by atoms with Crippen molar-refractivity contribution in [3.05, 3.63) is 71.9 Å². The van der Waals surface area contributed by atoms with Crippen molar-refractivity contribution in [3.8, 4) is 11.5 Å². The van der Waals surface area contributed by atoms with Crippen molar-refractivity contribution in [1.82, 2.24) is 14.1 Å². The molecule has 7 nitrogen and oxygen atoms in total. The highest BCUT2D eigenvalue weighted by molar-refractivity contribution is 9.09. The second-order valence-electron chi connectivity index (χ2n) is 7.64. The van der Waals surface area contributed by atoms with Crippen LogP contribution in [-0.2, 0) is 29.7 Å². The summed E-state index contributed by atoms with van der Waals surface area (Å²) < 4.78 is 40.7. The summed E-state index contributed by atoms with van der Waals surface area (Å²) in [6.45, 7) is 1.13. The molecule has 0 N–H and O–H groups in total. The first kappa shape index (κ1) is 25.3. The molecular formula is C24H30BrN3O4S. The van der Waals surface area contributed by atoms with E-state index in [1.165, 1.54) is 4.31 Å². The quantitative estimate of drug-likeness (QED) is 0.231. The van der Waals surface area contributed by atoms with Gasteiger partial charge < -0.3 is 9.47 Å². The van der Waals surface area contributed by atoms with Crippen LogP contribution in [0.5, 0.6) is 11.5 Å². The molecule has 0 unspecified atom stereocenters. The van der Waals surface area contributed by atoms with E-state index in [-0.39, 0.29) is 18.1 Å². The number of sulfonamides is 1. The van der Waals surface area contributed by atoms with Crippen molar-refractivity contribution in [2.75, 3.05) is 19.5 Å². The standard InChI is InChI=1S/C24H30BrN3O4S/c1-31-22-10-6-20(7-11-22)18-28(19-21-8-12-23(32-2)13-9-21)33(29,30)24-14-17-27(26-24)16-5-3-4-15-25/h6-14,17H,3-5,15-16,18-19H2,1-2H3. The van der Waals surface area contributed by atoms with Gasteiger partial charge in [0.1, 0.15) is 11.5 Å². The maximum absolute atomic E-state index is 13.6. The van der Waals surface area contributed by atoms with Crippen LogP contribution >= 0.6 is 15.9 Å². The number of hydrogen-bond acceptors (Lipinski definition) is 5. The maximum Gasteiger partial charge on any atom is 0.262 e. The fourth-order valence-corrected chi connectivity index (χ4v) is 5.12. The molecule has 178 valence electrons. The van der Waals surface area contributed by atoms with Gasteiger partial charge in [0.2, 0.25) is 0 Å². The molecule has 1 heterocycles. The predicted octanol–water partition coefficient (Wildman–Crippen LogP) is 4.86. The van der Waals surface area contributed by atoms with E-state index in [0.717, 1.165) is 47.2 Å². The summed E-state index contributed by atoms with van der Waals surface area (Å²) in [5.74, 6) is 1.45. The summed E-state index contributed by atoms with van der Waals surface area (Å²) >= 11 is 3.43. The predicted molar refractivity (Wildman–Crippen MR) is 132 cm³/mol. The summed E-state index contributed by atoms with van der Waals surface area (Å²) in [5, 5.41) is 5.40. The zero-order valence-corrected chi connectivity index (χ0v) is 21.4. The van der Waals surface area contributed by atoms with E-state index < -0.39 is 10.0 Å². The molecule has 0 fully saturated rings. The number of alkyl halides is 1. The van der Waals surface area contributed by atoms with E-state index in [9.17, 15) is 8.42 Å². The maximum atomic E-state index is 13.6. The molecule has 0 atom stereocenters. The summed E-state index contributed by atoms with van der Waals surface area (Å²) in [6, 6.07) is 16.4. The molecule has 33 heavy (non-hydrogen) atoms. The lowest BCUT2D eigenvalue weighted by Crippen LogP contribution is -2.30. The average molecular weight is 536 g/mol. The Bertz CT molecular complexity index is 1050. The number of aromatic nitrogens is 2. The highest BCUT2D eigenvalue weighted by atomic mass is 79.9. The Morgan fingerprint density at radius 1 is 0.848 bits per heavy atom. The Labute approximate surface area is 204 Å². The van der Waals surface area contributed by atoms with E-state index in [1.807, 2.05) is 48.5 Å². The Balaban J connectivity index is 1.83. The summed E-state index contributed by atoms with van der Waals surface area (Å²) in [5.41, 5.74) is 1.73. The topological polar surface area (TPSA) is 73.7 Å². The van der Waals surface area contributed by atoms with Gasteiger partial charge in [-0.15, -0.1) is 0 Å². The molecule has 0 radical (unpaired) electrons. The second kappa shape index (κ2) is 12.2. The molecule has 0 aliphatic rings. The minimum absolute atomic E-state index is 0.0602. The first-order chi connectivity index (χ1) is 16.0. The lowest BCUT2D eigenvalue weighted by Gasteiger charge is -2.21. The number of rotatable bonds is 13. The number of halogens is 1. The monoisotopic (exact) mass is 535 g/mol. The highest BCUT2D eigenvalue weighted by Gasteiger charge is 2.27. The van der Waals surface area contributed by atoms with Crippen LogP contribution in [0.1, 0.15) is 30.4 Å². The van der Waals surface area contributed by atoms with E-state index in [1.54, 1.807) is 31.2 Å². The number of hydrogen-bond donors (Lipinski definition) is 0. The molecule has 0 spiro atoms. The van der Waals surface area contributed by atoms with Crippen molar-refractivity contribution < 1.29 is 17.9 Å². The number of nitrogens with zero attached hydrogens (tertiary/aromatic N) is 3. The average Bonchev–Trinajstić information content (AvgIpc) is 3.32. The molecule has 0 aliphatic carbocycles. The number of ether oxygens (including phenoxy) is 2. The smallest absolute Gasteiger partial charge is 0.262 e. The minimum Gasteiger partial charge on any atom is -0.497 e. The van der Waals surface area contributed by atoms with Crippen LogP contribution in [0.3, 0.4) is 0 Å². The second-order valence-corrected chi connectivity index (χ2v) is 10.3. The Kier molecular flexibility index (Phi) is 9.34. The van der Waals surface area contributed by atoms with E-state index in [2.05, 4.69) is 21.0 Å². The van der Waals surface area contributed by atoms with Gasteiger partial charge in [0, 0.05) is 31.2 Å². The van der Waals surface area contributed by atoms with Crippen molar-refractivity contribution >= 4 is 26.0 Å². The molecule has 3 rings (SSSR count). The Hall–Kier alpha value is -2.36. The van der Waals surface area contributed by atoms with Gasteiger partial charge in [-0.3, -0.25) is 4.68 Å². The molecule has 9 heteroatoms. The van der Waals surface area contributed by atoms with Gasteiger partial charge >= 0.3 is 0 Å². The van der Waals surface area contributed by atoms with Crippen LogP contribution < -0.4 is 9.47 Å². The van der Waals surface area contributed by atoms with Crippen LogP contribution in [0.15, 0.2) is 65.8 Å². The molecule has 0 bridgehead atoms. The largest absolute Gasteiger partial charge is 0.497 e. The molecular weight excluding hydrogens is 506 g/mol. The molecule has 0 aliphatic heterocycles. The van der Waals surface area contributed by atoms with Crippen molar-refractivity contribution in [3.63, 3.8) is 0 Å². The van der Waals surface area contributed by atoms with Gasteiger partial charge in [-0.05, 0) is 54.3 Å². The van der Waals surface area contributed by atoms with Gasteiger partial charge in [0.05, 0.1) is 14.2 Å². The summed E-state index contributed by atoms with van der Waals surface area (Å²) in [7, 11) is -0.606. The molecule has 3 aromatic rings. The first-order valence-electron chi connectivity index (χ1n) is 10.8. The fourth-order valence-electron chi connectivity index (χ4n) is 3.38. The van der Waals surface area contributed by atoms with Crippen LogP contribution in [-0.4, -0.2) is 42.1 Å². The molecule has 0 amide bonds. The van der Waals surface area contributed by atoms with Crippen LogP contribution in [0.25, 0.3) is 0 Å². The fraction of sp³-hybridized carbons (Fsp3) is 0.375. The highest BCUT2D eigenvalue weighted by Crippen LogP contribution is 2.22. The molecule has 2 aromatic carbocycles. The Morgan fingerprint density at radius 2 is 1.39 bits per heavy atom. The molecule has 1 aromatic heterocycles. The Morgan fingerprint density at radius 3 is 1.88 bits per heavy atom. The van der Waals surface area contributed by atoms with Gasteiger partial charge in [-0.1, -0.05) is 46.6 Å². The lowest BCUT2D eigenvalue weighted by atomic mass is 10.2. The van der Waals surface area contributed by atoms with Gasteiger partial charge in [-0.25, -0.2) is 8.42 Å². The van der Waals surface area contributed by atoms with Crippen LogP contribution in [0.4, 0.5) is 0 Å². The molecule has 0 saturated heterocycles. The third-order valence-corrected chi connectivity index (χ3v) is 7.52. The number of benzene rings is 2. The van der Waals surface area contributed by atoms with Crippen molar-refractivity contribution in [2.45, 2.75) is 43.9 Å². The van der Waals surface area contributed by atoms with Gasteiger partial charge in [-0.2, -0.15) is 9.40 Å². The minimum atomic E-state index is -3.81. The number of unbranched alkanes of at least 4 members (excludes halogenated alkanes) is 2. The zero-order valence-electron chi connectivity index (χ0n) is 19.0. The van der Waals surface area contributed by atoms with Crippen molar-refractivity contribution in [2.24, 2.45) is 0 Å². The zero-order chi connectivity index (χ0) is 23.7. The van der Waals surface area contributed by atoms with E-state index in [4.69, 9.17) is 9.47 Å². The number of methoxy groups -OCH3 is 2. The third kappa shape index (κ3) is 7.06. The third-order valence-electron chi connectivity index (χ3n) is 5.28. The first-order valence-corrected chi connectivity index (χ1v) is 13.4. The number of aryl methyl sites for hydroxylation is 1. The lowest BCUT2D eigenvalue weighted by molar-refractivity contribution is 0.394. The van der Waals surface area contributed by atoms with Crippen molar-refractivity contribution in [1.29, 1.82) is 0 Å². The normalized spacial score (nSPS) is 11.6. The SMILES string of the molecule is COc1ccc(CN(Cc2ccc(OC)cc2)S(=O)(=O)c2ccn(CCCCCBr)n2)cc1. The summed E-state index contributed by atoms with van der Waals surface area (Å²) in [4.78, 5) is 0. The van der Waals surface area contributed by atoms with E-state index >= 15 is 0 Å². The summed E-state index contributed by atoms with van der Waals surface area (Å²) in [6.07, 6.45) is 4.84. The van der Waals surface area contributed by atoms with E-state index in [0.29, 0.717) is 6.54 Å². The van der Waals surface area contributed by atoms with Gasteiger partial charge in [0.15, 0.2) is 5.03 Å².